The standard InChI is InChI=1S/C21H20N8O2S2/c1-14-12-32-20(24-14)25-18(30)13-33-21-28-27-19(29(21)22)26-23-11-15-6-5-9-17(10-15)31-16-7-3-2-4-8-16/h2-12H,13,22H2,1H3,(H,26,27)(H,24,25,30)/b23-11+. The van der Waals surface area contributed by atoms with Gasteiger partial charge in [-0.15, -0.1) is 21.5 Å². The second-order valence-electron chi connectivity index (χ2n) is 6.66. The van der Waals surface area contributed by atoms with E-state index in [4.69, 9.17) is 10.6 Å². The number of thioether (sulfide) groups is 1. The van der Waals surface area contributed by atoms with E-state index in [0.717, 1.165) is 28.8 Å². The van der Waals surface area contributed by atoms with Crippen molar-refractivity contribution in [3.63, 3.8) is 0 Å². The predicted octanol–water partition coefficient (Wildman–Crippen LogP) is 3.73. The van der Waals surface area contributed by atoms with Gasteiger partial charge in [-0.1, -0.05) is 42.1 Å². The summed E-state index contributed by atoms with van der Waals surface area (Å²) < 4.78 is 7.06. The lowest BCUT2D eigenvalue weighted by Crippen LogP contribution is -2.16. The highest BCUT2D eigenvalue weighted by molar-refractivity contribution is 7.99. The number of hydrogen-bond donors (Lipinski definition) is 3. The normalized spacial score (nSPS) is 10.9. The number of benzene rings is 2. The Kier molecular flexibility index (Phi) is 7.17. The second kappa shape index (κ2) is 10.6. The van der Waals surface area contributed by atoms with E-state index in [1.54, 1.807) is 6.21 Å². The van der Waals surface area contributed by atoms with Crippen LogP contribution in [0.3, 0.4) is 0 Å². The van der Waals surface area contributed by atoms with Crippen molar-refractivity contribution in [3.05, 3.63) is 71.2 Å². The number of carbonyl (C=O) groups excluding carboxylic acids is 1. The minimum atomic E-state index is -0.206. The van der Waals surface area contributed by atoms with Crippen LogP contribution in [0, 0.1) is 6.92 Å². The number of aromatic nitrogens is 4. The summed E-state index contributed by atoms with van der Waals surface area (Å²) in [5.41, 5.74) is 4.43. The number of thiazole rings is 1. The molecule has 10 nitrogen and oxygen atoms in total. The number of aryl methyl sites for hydroxylation is 1. The monoisotopic (exact) mass is 480 g/mol. The first-order chi connectivity index (χ1) is 16.1. The average Bonchev–Trinajstić information content (AvgIpc) is 3.38. The fraction of sp³-hybridized carbons (Fsp3) is 0.0952. The molecule has 0 bridgehead atoms. The number of carbonyl (C=O) groups is 1. The number of para-hydroxylation sites is 1. The van der Waals surface area contributed by atoms with Crippen LogP contribution in [0.5, 0.6) is 11.5 Å². The van der Waals surface area contributed by atoms with Gasteiger partial charge in [-0.3, -0.25) is 4.79 Å². The van der Waals surface area contributed by atoms with Crippen LogP contribution in [0.4, 0.5) is 11.1 Å². The summed E-state index contributed by atoms with van der Waals surface area (Å²) in [6, 6.07) is 17.0. The topological polar surface area (TPSA) is 132 Å². The second-order valence-corrected chi connectivity index (χ2v) is 8.47. The molecular formula is C21H20N8O2S2. The third-order valence-electron chi connectivity index (χ3n) is 4.08. The van der Waals surface area contributed by atoms with E-state index in [0.29, 0.717) is 16.0 Å². The first-order valence-corrected chi connectivity index (χ1v) is 11.6. The van der Waals surface area contributed by atoms with E-state index in [1.165, 1.54) is 16.0 Å². The van der Waals surface area contributed by atoms with Crippen molar-refractivity contribution in [3.8, 4) is 11.5 Å². The molecule has 0 saturated carbocycles. The van der Waals surface area contributed by atoms with E-state index in [9.17, 15) is 4.79 Å². The molecule has 0 aliphatic heterocycles. The number of nitrogens with one attached hydrogen (secondary N) is 2. The van der Waals surface area contributed by atoms with Crippen LogP contribution >= 0.6 is 23.1 Å². The predicted molar refractivity (Wildman–Crippen MR) is 131 cm³/mol. The van der Waals surface area contributed by atoms with Crippen LogP contribution in [-0.2, 0) is 4.79 Å². The fourth-order valence-corrected chi connectivity index (χ4v) is 3.96. The molecule has 2 heterocycles. The number of nitrogen functional groups attached to an aromatic ring is 1. The van der Waals surface area contributed by atoms with Crippen molar-refractivity contribution >= 4 is 46.3 Å². The van der Waals surface area contributed by atoms with E-state index in [2.05, 4.69) is 31.0 Å². The Hall–Kier alpha value is -3.90. The summed E-state index contributed by atoms with van der Waals surface area (Å²) in [5.74, 6) is 7.60. The summed E-state index contributed by atoms with van der Waals surface area (Å²) in [6.45, 7) is 1.87. The SMILES string of the molecule is Cc1csc(NC(=O)CSc2nnc(N/N=C/c3cccc(Oc4ccccc4)c3)n2N)n1. The Morgan fingerprint density at radius 2 is 2.03 bits per heavy atom. The summed E-state index contributed by atoms with van der Waals surface area (Å²) >= 11 is 2.53. The molecule has 0 atom stereocenters. The number of nitrogens with two attached hydrogens (primary N) is 1. The molecule has 0 spiro atoms. The van der Waals surface area contributed by atoms with Crippen LogP contribution in [0.1, 0.15) is 11.3 Å². The first-order valence-electron chi connectivity index (χ1n) is 9.74. The number of amides is 1. The maximum absolute atomic E-state index is 12.1. The summed E-state index contributed by atoms with van der Waals surface area (Å²) in [4.78, 5) is 16.3. The Labute approximate surface area is 197 Å². The van der Waals surface area contributed by atoms with E-state index >= 15 is 0 Å². The molecule has 0 radical (unpaired) electrons. The first kappa shape index (κ1) is 22.3. The number of anilines is 2. The van der Waals surface area contributed by atoms with Crippen molar-refractivity contribution in [2.24, 2.45) is 5.10 Å². The number of hydrogen-bond acceptors (Lipinski definition) is 10. The maximum Gasteiger partial charge on any atom is 0.264 e. The van der Waals surface area contributed by atoms with Crippen LogP contribution in [0.2, 0.25) is 0 Å². The molecule has 4 rings (SSSR count). The minimum absolute atomic E-state index is 0.117. The van der Waals surface area contributed by atoms with Gasteiger partial charge in [0.25, 0.3) is 5.95 Å². The molecule has 2 aromatic carbocycles. The molecule has 2 aromatic heterocycles. The average molecular weight is 481 g/mol. The molecule has 4 aromatic rings. The molecule has 0 aliphatic carbocycles. The van der Waals surface area contributed by atoms with Gasteiger partial charge in [0, 0.05) is 5.38 Å². The van der Waals surface area contributed by atoms with Crippen molar-refractivity contribution in [1.29, 1.82) is 0 Å². The molecule has 168 valence electrons. The molecule has 33 heavy (non-hydrogen) atoms. The van der Waals surface area contributed by atoms with Crippen molar-refractivity contribution in [2.75, 3.05) is 22.3 Å². The smallest absolute Gasteiger partial charge is 0.264 e. The Morgan fingerprint density at radius 1 is 1.21 bits per heavy atom. The quantitative estimate of drug-likeness (QED) is 0.143. The van der Waals surface area contributed by atoms with Gasteiger partial charge in [-0.25, -0.2) is 15.1 Å². The highest BCUT2D eigenvalue weighted by Crippen LogP contribution is 2.22. The minimum Gasteiger partial charge on any atom is -0.457 e. The van der Waals surface area contributed by atoms with E-state index in [1.807, 2.05) is 66.9 Å². The molecule has 0 fully saturated rings. The van der Waals surface area contributed by atoms with Gasteiger partial charge in [-0.05, 0) is 36.8 Å². The summed E-state index contributed by atoms with van der Waals surface area (Å²) in [5, 5.41) is 17.6. The third kappa shape index (κ3) is 6.30. The largest absolute Gasteiger partial charge is 0.457 e. The highest BCUT2D eigenvalue weighted by Gasteiger charge is 2.13. The fourth-order valence-electron chi connectivity index (χ4n) is 2.60. The molecule has 12 heteroatoms. The number of nitrogens with zero attached hydrogens (tertiary/aromatic N) is 5. The number of hydrazone groups is 1. The van der Waals surface area contributed by atoms with Gasteiger partial charge in [0.1, 0.15) is 11.5 Å². The maximum atomic E-state index is 12.1. The van der Waals surface area contributed by atoms with Gasteiger partial charge in [0.2, 0.25) is 11.1 Å². The van der Waals surface area contributed by atoms with Crippen LogP contribution in [0.25, 0.3) is 0 Å². The van der Waals surface area contributed by atoms with Crippen LogP contribution < -0.4 is 21.3 Å². The molecule has 0 unspecified atom stereocenters. The van der Waals surface area contributed by atoms with Gasteiger partial charge in [0.15, 0.2) is 5.13 Å². The van der Waals surface area contributed by atoms with Crippen LogP contribution in [0.15, 0.2) is 70.2 Å². The lowest BCUT2D eigenvalue weighted by Gasteiger charge is -2.06. The molecule has 0 saturated heterocycles. The zero-order chi connectivity index (χ0) is 23.0. The van der Waals surface area contributed by atoms with Gasteiger partial charge in [0.05, 0.1) is 17.7 Å². The zero-order valence-electron chi connectivity index (χ0n) is 17.5. The van der Waals surface area contributed by atoms with Gasteiger partial charge >= 0.3 is 0 Å². The van der Waals surface area contributed by atoms with E-state index in [-0.39, 0.29) is 17.6 Å². The lowest BCUT2D eigenvalue weighted by atomic mass is 10.2. The highest BCUT2D eigenvalue weighted by atomic mass is 32.2. The Balaban J connectivity index is 1.30. The van der Waals surface area contributed by atoms with Crippen LogP contribution in [-0.4, -0.2) is 37.7 Å². The van der Waals surface area contributed by atoms with E-state index < -0.39 is 0 Å². The Morgan fingerprint density at radius 3 is 2.82 bits per heavy atom. The van der Waals surface area contributed by atoms with Crippen molar-refractivity contribution in [2.45, 2.75) is 12.1 Å². The number of ether oxygens (including phenoxy) is 1. The van der Waals surface area contributed by atoms with Crippen molar-refractivity contribution < 1.29 is 9.53 Å². The molecule has 1 amide bonds. The Bertz CT molecular complexity index is 1260. The van der Waals surface area contributed by atoms with Crippen molar-refractivity contribution in [1.82, 2.24) is 19.9 Å². The summed E-state index contributed by atoms with van der Waals surface area (Å²) in [7, 11) is 0. The zero-order valence-corrected chi connectivity index (χ0v) is 19.1. The summed E-state index contributed by atoms with van der Waals surface area (Å²) in [6.07, 6.45) is 1.61. The molecule has 0 aliphatic rings. The molecule has 4 N–H and O–H groups in total. The third-order valence-corrected chi connectivity index (χ3v) is 5.90. The van der Waals surface area contributed by atoms with Gasteiger partial charge in [-0.2, -0.15) is 5.10 Å². The van der Waals surface area contributed by atoms with Gasteiger partial charge < -0.3 is 15.9 Å². The lowest BCUT2D eigenvalue weighted by molar-refractivity contribution is -0.113. The number of rotatable bonds is 9. The molecular weight excluding hydrogens is 460 g/mol.